The highest BCUT2D eigenvalue weighted by atomic mass is 15.1. The SMILES string of the molecule is Cc1ccccc1.c1ccc(-c2cc(-c3ccc(C4(c5ccccc5)c5ccccc5-c5ccccc54)cc3)[nH]n2)cc1. The van der Waals surface area contributed by atoms with Crippen LogP contribution in [-0.4, -0.2) is 10.2 Å². The molecular weight excluding hydrogens is 520 g/mol. The van der Waals surface area contributed by atoms with Gasteiger partial charge in [-0.05, 0) is 51.9 Å². The molecule has 7 aromatic rings. The molecule has 206 valence electrons. The van der Waals surface area contributed by atoms with Gasteiger partial charge in [-0.25, -0.2) is 0 Å². The monoisotopic (exact) mass is 552 g/mol. The molecule has 1 N–H and O–H groups in total. The number of hydrogen-bond acceptors (Lipinski definition) is 1. The Morgan fingerprint density at radius 1 is 0.465 bits per heavy atom. The Kier molecular flexibility index (Phi) is 7.02. The van der Waals surface area contributed by atoms with Crippen LogP contribution in [0, 0.1) is 6.92 Å². The molecule has 0 bridgehead atoms. The molecule has 1 aliphatic carbocycles. The van der Waals surface area contributed by atoms with E-state index in [1.807, 2.05) is 36.4 Å². The molecule has 0 spiro atoms. The Bertz CT molecular complexity index is 1910. The molecule has 2 nitrogen and oxygen atoms in total. The van der Waals surface area contributed by atoms with Crippen molar-refractivity contribution in [1.82, 2.24) is 10.2 Å². The second kappa shape index (κ2) is 11.4. The van der Waals surface area contributed by atoms with Crippen molar-refractivity contribution in [1.29, 1.82) is 0 Å². The first-order valence-electron chi connectivity index (χ1n) is 14.7. The molecule has 0 unspecified atom stereocenters. The predicted octanol–water partition coefficient (Wildman–Crippen LogP) is 10.1. The Hall–Kier alpha value is -5.47. The maximum absolute atomic E-state index is 4.56. The van der Waals surface area contributed by atoms with Crippen molar-refractivity contribution in [3.8, 4) is 33.6 Å². The second-order valence-electron chi connectivity index (χ2n) is 11.0. The quantitative estimate of drug-likeness (QED) is 0.231. The van der Waals surface area contributed by atoms with E-state index >= 15 is 0 Å². The minimum atomic E-state index is -0.365. The van der Waals surface area contributed by atoms with E-state index in [1.54, 1.807) is 0 Å². The van der Waals surface area contributed by atoms with Crippen molar-refractivity contribution in [3.63, 3.8) is 0 Å². The lowest BCUT2D eigenvalue weighted by Crippen LogP contribution is -2.28. The first-order chi connectivity index (χ1) is 21.2. The highest BCUT2D eigenvalue weighted by Crippen LogP contribution is 2.55. The lowest BCUT2D eigenvalue weighted by atomic mass is 9.67. The van der Waals surface area contributed by atoms with Crippen molar-refractivity contribution in [2.24, 2.45) is 0 Å². The Balaban J connectivity index is 0.000000379. The Labute approximate surface area is 253 Å². The van der Waals surface area contributed by atoms with E-state index in [2.05, 4.69) is 151 Å². The van der Waals surface area contributed by atoms with Gasteiger partial charge in [-0.1, -0.05) is 169 Å². The number of aryl methyl sites for hydroxylation is 1. The number of rotatable bonds is 4. The molecule has 8 rings (SSSR count). The summed E-state index contributed by atoms with van der Waals surface area (Å²) >= 11 is 0. The van der Waals surface area contributed by atoms with E-state index in [-0.39, 0.29) is 5.41 Å². The Morgan fingerprint density at radius 2 is 0.953 bits per heavy atom. The number of aromatic amines is 1. The third-order valence-corrected chi connectivity index (χ3v) is 8.38. The molecule has 43 heavy (non-hydrogen) atoms. The van der Waals surface area contributed by atoms with E-state index in [1.165, 1.54) is 38.9 Å². The van der Waals surface area contributed by atoms with E-state index < -0.39 is 0 Å². The molecular formula is C41H32N2. The average molecular weight is 553 g/mol. The zero-order valence-electron chi connectivity index (χ0n) is 24.1. The Morgan fingerprint density at radius 3 is 1.51 bits per heavy atom. The van der Waals surface area contributed by atoms with Crippen molar-refractivity contribution in [3.05, 3.63) is 198 Å². The van der Waals surface area contributed by atoms with Crippen molar-refractivity contribution in [2.75, 3.05) is 0 Å². The molecule has 0 amide bonds. The van der Waals surface area contributed by atoms with Gasteiger partial charge in [0.05, 0.1) is 16.8 Å². The minimum absolute atomic E-state index is 0.365. The summed E-state index contributed by atoms with van der Waals surface area (Å²) < 4.78 is 0. The van der Waals surface area contributed by atoms with Gasteiger partial charge >= 0.3 is 0 Å². The smallest absolute Gasteiger partial charge is 0.0927 e. The number of hydrogen-bond donors (Lipinski definition) is 1. The predicted molar refractivity (Wildman–Crippen MR) is 178 cm³/mol. The van der Waals surface area contributed by atoms with E-state index in [9.17, 15) is 0 Å². The average Bonchev–Trinajstić information content (AvgIpc) is 3.69. The number of aromatic nitrogens is 2. The zero-order valence-corrected chi connectivity index (χ0v) is 24.1. The molecule has 1 heterocycles. The van der Waals surface area contributed by atoms with Crippen LogP contribution in [0.1, 0.15) is 27.8 Å². The van der Waals surface area contributed by atoms with Crippen LogP contribution in [0.15, 0.2) is 170 Å². The van der Waals surface area contributed by atoms with Gasteiger partial charge in [0, 0.05) is 5.56 Å². The molecule has 0 saturated heterocycles. The molecule has 0 radical (unpaired) electrons. The maximum atomic E-state index is 4.56. The summed E-state index contributed by atoms with van der Waals surface area (Å²) in [6.07, 6.45) is 0. The largest absolute Gasteiger partial charge is 0.277 e. The second-order valence-corrected chi connectivity index (χ2v) is 11.0. The third kappa shape index (κ3) is 4.77. The first-order valence-corrected chi connectivity index (χ1v) is 14.7. The lowest BCUT2D eigenvalue weighted by Gasteiger charge is -2.34. The summed E-state index contributed by atoms with van der Waals surface area (Å²) in [5, 5.41) is 7.79. The van der Waals surface area contributed by atoms with Crippen LogP contribution in [0.5, 0.6) is 0 Å². The van der Waals surface area contributed by atoms with Gasteiger partial charge in [-0.3, -0.25) is 5.10 Å². The summed E-state index contributed by atoms with van der Waals surface area (Å²) in [5.74, 6) is 0. The van der Waals surface area contributed by atoms with Crippen LogP contribution in [0.3, 0.4) is 0 Å². The van der Waals surface area contributed by atoms with Crippen molar-refractivity contribution < 1.29 is 0 Å². The summed E-state index contributed by atoms with van der Waals surface area (Å²) in [6.45, 7) is 2.08. The van der Waals surface area contributed by atoms with Crippen LogP contribution in [-0.2, 0) is 5.41 Å². The van der Waals surface area contributed by atoms with Gasteiger partial charge in [0.1, 0.15) is 0 Å². The summed E-state index contributed by atoms with van der Waals surface area (Å²) in [4.78, 5) is 0. The third-order valence-electron chi connectivity index (χ3n) is 8.38. The van der Waals surface area contributed by atoms with Crippen LogP contribution in [0.4, 0.5) is 0 Å². The van der Waals surface area contributed by atoms with Crippen LogP contribution in [0.2, 0.25) is 0 Å². The summed E-state index contributed by atoms with van der Waals surface area (Å²) in [7, 11) is 0. The van der Waals surface area contributed by atoms with Crippen molar-refractivity contribution >= 4 is 0 Å². The van der Waals surface area contributed by atoms with Crippen molar-refractivity contribution in [2.45, 2.75) is 12.3 Å². The van der Waals surface area contributed by atoms with E-state index in [0.29, 0.717) is 0 Å². The van der Waals surface area contributed by atoms with Gasteiger partial charge in [0.15, 0.2) is 0 Å². The standard InChI is InChI=1S/C34H24N2.C7H8/c1-3-11-24(12-4-1)32-23-33(36-35-32)25-19-21-27(22-20-25)34(26-13-5-2-6-14-26)30-17-9-7-15-28(30)29-16-8-10-18-31(29)34;1-7-5-3-2-4-6-7/h1-23H,(H,35,36);2-6H,1H3. The molecule has 0 fully saturated rings. The fourth-order valence-corrected chi connectivity index (χ4v) is 6.37. The van der Waals surface area contributed by atoms with Crippen LogP contribution < -0.4 is 0 Å². The molecule has 0 saturated carbocycles. The van der Waals surface area contributed by atoms with Gasteiger partial charge in [0.2, 0.25) is 0 Å². The fourth-order valence-electron chi connectivity index (χ4n) is 6.37. The molecule has 1 aliphatic rings. The molecule has 1 aromatic heterocycles. The van der Waals surface area contributed by atoms with Gasteiger partial charge in [-0.15, -0.1) is 0 Å². The minimum Gasteiger partial charge on any atom is -0.277 e. The number of benzene rings is 6. The first kappa shape index (κ1) is 26.4. The lowest BCUT2D eigenvalue weighted by molar-refractivity contribution is 0.768. The highest BCUT2D eigenvalue weighted by molar-refractivity contribution is 5.86. The maximum Gasteiger partial charge on any atom is 0.0927 e. The van der Waals surface area contributed by atoms with Crippen LogP contribution >= 0.6 is 0 Å². The van der Waals surface area contributed by atoms with E-state index in [4.69, 9.17) is 0 Å². The normalized spacial score (nSPS) is 12.5. The summed E-state index contributed by atoms with van der Waals surface area (Å²) in [6, 6.07) is 60.2. The number of H-pyrrole nitrogens is 1. The van der Waals surface area contributed by atoms with Crippen LogP contribution in [0.25, 0.3) is 33.6 Å². The van der Waals surface area contributed by atoms with Gasteiger partial charge < -0.3 is 0 Å². The number of nitrogens with zero attached hydrogens (tertiary/aromatic N) is 1. The molecule has 0 atom stereocenters. The molecule has 2 heteroatoms. The summed E-state index contributed by atoms with van der Waals surface area (Å²) in [5.41, 5.74) is 13.0. The van der Waals surface area contributed by atoms with Gasteiger partial charge in [0.25, 0.3) is 0 Å². The zero-order chi connectivity index (χ0) is 29.1. The number of fused-ring (bicyclic) bond motifs is 3. The molecule has 0 aliphatic heterocycles. The topological polar surface area (TPSA) is 28.7 Å². The fraction of sp³-hybridized carbons (Fsp3) is 0.0488. The molecule has 6 aromatic carbocycles. The van der Waals surface area contributed by atoms with E-state index in [0.717, 1.165) is 22.5 Å². The highest BCUT2D eigenvalue weighted by Gasteiger charge is 2.45. The number of nitrogens with one attached hydrogen (secondary N) is 1. The van der Waals surface area contributed by atoms with Gasteiger partial charge in [-0.2, -0.15) is 5.10 Å².